The van der Waals surface area contributed by atoms with Gasteiger partial charge in [-0.2, -0.15) is 13.2 Å². The van der Waals surface area contributed by atoms with Crippen LogP contribution in [0.3, 0.4) is 0 Å². The van der Waals surface area contributed by atoms with Gasteiger partial charge in [-0.15, -0.1) is 12.4 Å². The number of hydrogen-bond donors (Lipinski definition) is 1. The molecule has 0 aromatic heterocycles. The van der Waals surface area contributed by atoms with Crippen molar-refractivity contribution in [3.63, 3.8) is 0 Å². The van der Waals surface area contributed by atoms with Crippen LogP contribution >= 0.6 is 12.4 Å². The number of anilines is 1. The van der Waals surface area contributed by atoms with Crippen molar-refractivity contribution in [2.24, 2.45) is 0 Å². The van der Waals surface area contributed by atoms with Crippen molar-refractivity contribution in [2.45, 2.75) is 45.2 Å². The van der Waals surface area contributed by atoms with Crippen LogP contribution in [0.5, 0.6) is 5.75 Å². The maximum atomic E-state index is 12.8. The highest BCUT2D eigenvalue weighted by Gasteiger charge is 2.34. The summed E-state index contributed by atoms with van der Waals surface area (Å²) < 4.78 is 43.5. The van der Waals surface area contributed by atoms with E-state index in [4.69, 9.17) is 10.5 Å². The molecule has 0 heterocycles. The van der Waals surface area contributed by atoms with Crippen molar-refractivity contribution in [1.29, 1.82) is 0 Å². The number of halogens is 4. The standard InChI is InChI=1S/C14H20F3NO.ClH/c1-2-3-4-5-6-9-19-13-8-7-11(18)10-12(13)14(15,16)17;/h7-8,10H,2-6,9,18H2,1H3;1H. The van der Waals surface area contributed by atoms with Gasteiger partial charge in [0.15, 0.2) is 0 Å². The van der Waals surface area contributed by atoms with Crippen LogP contribution in [0.25, 0.3) is 0 Å². The lowest BCUT2D eigenvalue weighted by molar-refractivity contribution is -0.138. The first-order chi connectivity index (χ1) is 8.95. The van der Waals surface area contributed by atoms with Gasteiger partial charge in [0, 0.05) is 5.69 Å². The summed E-state index contributed by atoms with van der Waals surface area (Å²) in [7, 11) is 0. The van der Waals surface area contributed by atoms with Crippen LogP contribution < -0.4 is 10.5 Å². The topological polar surface area (TPSA) is 35.2 Å². The Kier molecular flexibility index (Phi) is 8.46. The lowest BCUT2D eigenvalue weighted by atomic mass is 10.1. The van der Waals surface area contributed by atoms with Crippen molar-refractivity contribution in [1.82, 2.24) is 0 Å². The fourth-order valence-electron chi connectivity index (χ4n) is 1.78. The number of alkyl halides is 3. The SMILES string of the molecule is CCCCCCCOc1ccc(N)cc1C(F)(F)F.Cl. The molecule has 2 N–H and O–H groups in total. The largest absolute Gasteiger partial charge is 0.493 e. The van der Waals surface area contributed by atoms with Gasteiger partial charge in [-0.05, 0) is 24.6 Å². The van der Waals surface area contributed by atoms with Gasteiger partial charge in [0.05, 0.1) is 12.2 Å². The zero-order chi connectivity index (χ0) is 14.3. The smallest absolute Gasteiger partial charge is 0.420 e. The molecule has 0 bridgehead atoms. The summed E-state index contributed by atoms with van der Waals surface area (Å²) in [5, 5.41) is 0. The predicted molar refractivity (Wildman–Crippen MR) is 77.4 cm³/mol. The van der Waals surface area contributed by atoms with Gasteiger partial charge < -0.3 is 10.5 Å². The molecule has 0 spiro atoms. The molecule has 6 heteroatoms. The van der Waals surface area contributed by atoms with Crippen LogP contribution in [0.15, 0.2) is 18.2 Å². The van der Waals surface area contributed by atoms with E-state index in [1.165, 1.54) is 12.1 Å². The minimum absolute atomic E-state index is 0. The van der Waals surface area contributed by atoms with Gasteiger partial charge in [0.2, 0.25) is 0 Å². The molecule has 0 aliphatic carbocycles. The third-order valence-corrected chi connectivity index (χ3v) is 2.81. The summed E-state index contributed by atoms with van der Waals surface area (Å²) in [6, 6.07) is 3.61. The van der Waals surface area contributed by atoms with Gasteiger partial charge >= 0.3 is 6.18 Å². The van der Waals surface area contributed by atoms with E-state index < -0.39 is 11.7 Å². The van der Waals surface area contributed by atoms with Crippen molar-refractivity contribution in [3.8, 4) is 5.75 Å². The van der Waals surface area contributed by atoms with Gasteiger partial charge in [0.1, 0.15) is 5.75 Å². The van der Waals surface area contributed by atoms with Crippen LogP contribution in [0.2, 0.25) is 0 Å². The van der Waals surface area contributed by atoms with E-state index in [1.807, 2.05) is 0 Å². The molecule has 1 rings (SSSR count). The van der Waals surface area contributed by atoms with Gasteiger partial charge in [0.25, 0.3) is 0 Å². The number of benzene rings is 1. The van der Waals surface area contributed by atoms with E-state index >= 15 is 0 Å². The number of nitrogen functional groups attached to an aromatic ring is 1. The summed E-state index contributed by atoms with van der Waals surface area (Å²) in [5.74, 6) is -0.141. The molecule has 0 saturated carbocycles. The zero-order valence-electron chi connectivity index (χ0n) is 11.5. The Labute approximate surface area is 123 Å². The van der Waals surface area contributed by atoms with Crippen LogP contribution in [0.4, 0.5) is 18.9 Å². The Morgan fingerprint density at radius 1 is 1.10 bits per heavy atom. The second kappa shape index (κ2) is 8.95. The van der Waals surface area contributed by atoms with Gasteiger partial charge in [-0.3, -0.25) is 0 Å². The molecule has 20 heavy (non-hydrogen) atoms. The monoisotopic (exact) mass is 311 g/mol. The van der Waals surface area contributed by atoms with Crippen LogP contribution in [-0.2, 0) is 6.18 Å². The Morgan fingerprint density at radius 2 is 1.75 bits per heavy atom. The summed E-state index contributed by atoms with van der Waals surface area (Å²) in [6.07, 6.45) is 0.680. The number of nitrogens with two attached hydrogens (primary N) is 1. The summed E-state index contributed by atoms with van der Waals surface area (Å²) in [4.78, 5) is 0. The molecule has 0 saturated heterocycles. The Morgan fingerprint density at radius 3 is 2.35 bits per heavy atom. The van der Waals surface area contributed by atoms with Crippen LogP contribution in [-0.4, -0.2) is 6.61 Å². The zero-order valence-corrected chi connectivity index (χ0v) is 12.3. The average molecular weight is 312 g/mol. The minimum atomic E-state index is -4.44. The van der Waals surface area contributed by atoms with E-state index in [-0.39, 0.29) is 23.8 Å². The quantitative estimate of drug-likeness (QED) is 0.564. The number of ether oxygens (including phenoxy) is 1. The molecule has 1 aromatic carbocycles. The highest BCUT2D eigenvalue weighted by molar-refractivity contribution is 5.85. The Balaban J connectivity index is 0.00000361. The molecule has 0 amide bonds. The Bertz CT molecular complexity index is 396. The Hall–Kier alpha value is -1.10. The third-order valence-electron chi connectivity index (χ3n) is 2.81. The maximum Gasteiger partial charge on any atom is 0.420 e. The molecule has 116 valence electrons. The molecule has 0 aliphatic heterocycles. The fourth-order valence-corrected chi connectivity index (χ4v) is 1.78. The van der Waals surface area contributed by atoms with E-state index in [0.29, 0.717) is 6.61 Å². The molecular formula is C14H21ClF3NO. The predicted octanol–water partition coefficient (Wildman–Crippen LogP) is 5.06. The second-order valence-corrected chi connectivity index (χ2v) is 4.52. The first kappa shape index (κ1) is 18.9. The molecule has 1 aromatic rings. The van der Waals surface area contributed by atoms with Crippen molar-refractivity contribution < 1.29 is 17.9 Å². The van der Waals surface area contributed by atoms with Gasteiger partial charge in [-0.25, -0.2) is 0 Å². The lowest BCUT2D eigenvalue weighted by Crippen LogP contribution is -2.10. The second-order valence-electron chi connectivity index (χ2n) is 4.52. The number of rotatable bonds is 7. The van der Waals surface area contributed by atoms with Gasteiger partial charge in [-0.1, -0.05) is 32.6 Å². The first-order valence-corrected chi connectivity index (χ1v) is 6.54. The molecule has 0 unspecified atom stereocenters. The molecule has 0 radical (unpaired) electrons. The minimum Gasteiger partial charge on any atom is -0.493 e. The van der Waals surface area contributed by atoms with E-state index in [2.05, 4.69) is 6.92 Å². The average Bonchev–Trinajstić information content (AvgIpc) is 2.34. The maximum absolute atomic E-state index is 12.8. The molecular weight excluding hydrogens is 291 g/mol. The highest BCUT2D eigenvalue weighted by Crippen LogP contribution is 2.37. The van der Waals surface area contributed by atoms with E-state index in [9.17, 15) is 13.2 Å². The molecule has 0 atom stereocenters. The molecule has 0 fully saturated rings. The lowest BCUT2D eigenvalue weighted by Gasteiger charge is -2.14. The highest BCUT2D eigenvalue weighted by atomic mass is 35.5. The first-order valence-electron chi connectivity index (χ1n) is 6.54. The van der Waals surface area contributed by atoms with Crippen LogP contribution in [0, 0.1) is 0 Å². The number of hydrogen-bond acceptors (Lipinski definition) is 2. The van der Waals surface area contributed by atoms with E-state index in [0.717, 1.165) is 38.2 Å². The van der Waals surface area contributed by atoms with Crippen LogP contribution in [0.1, 0.15) is 44.6 Å². The third kappa shape index (κ3) is 6.37. The van der Waals surface area contributed by atoms with Crippen molar-refractivity contribution in [2.75, 3.05) is 12.3 Å². The normalized spacial score (nSPS) is 11.0. The molecule has 2 nitrogen and oxygen atoms in total. The van der Waals surface area contributed by atoms with Crippen molar-refractivity contribution in [3.05, 3.63) is 23.8 Å². The van der Waals surface area contributed by atoms with Crippen molar-refractivity contribution >= 4 is 18.1 Å². The number of unbranched alkanes of at least 4 members (excludes halogenated alkanes) is 4. The molecule has 0 aliphatic rings. The summed E-state index contributed by atoms with van der Waals surface area (Å²) in [6.45, 7) is 2.41. The fraction of sp³-hybridized carbons (Fsp3) is 0.571. The summed E-state index contributed by atoms with van der Waals surface area (Å²) >= 11 is 0. The summed E-state index contributed by atoms with van der Waals surface area (Å²) in [5.41, 5.74) is 4.66. The van der Waals surface area contributed by atoms with E-state index in [1.54, 1.807) is 0 Å².